The van der Waals surface area contributed by atoms with Crippen molar-refractivity contribution in [2.24, 2.45) is 17.8 Å². The molecule has 1 amide bonds. The molecule has 0 unspecified atom stereocenters. The fourth-order valence-electron chi connectivity index (χ4n) is 9.07. The lowest BCUT2D eigenvalue weighted by Gasteiger charge is -2.50. The molecule has 1 aromatic heterocycles. The van der Waals surface area contributed by atoms with E-state index in [0.29, 0.717) is 31.9 Å². The largest absolute Gasteiger partial charge is 0.490 e. The predicted molar refractivity (Wildman–Crippen MR) is 205 cm³/mol. The van der Waals surface area contributed by atoms with Gasteiger partial charge >= 0.3 is 0 Å². The number of amides is 1. The van der Waals surface area contributed by atoms with Crippen molar-refractivity contribution in [1.29, 1.82) is 0 Å². The maximum Gasteiger partial charge on any atom is 0.264 e. The molecule has 284 valence electrons. The van der Waals surface area contributed by atoms with E-state index in [9.17, 15) is 13.2 Å². The first kappa shape index (κ1) is 37.8. The quantitative estimate of drug-likeness (QED) is 0.214. The number of nitrogens with zero attached hydrogens (tertiary/aromatic N) is 2. The first-order valence-corrected chi connectivity index (χ1v) is 20.5. The highest BCUT2D eigenvalue weighted by Crippen LogP contribution is 2.52. The average molecular weight is 764 g/mol. The van der Waals surface area contributed by atoms with Gasteiger partial charge in [0.1, 0.15) is 11.4 Å². The second kappa shape index (κ2) is 15.0. The fourth-order valence-corrected chi connectivity index (χ4v) is 10.5. The Hall–Kier alpha value is -3.48. The van der Waals surface area contributed by atoms with Gasteiger partial charge in [-0.1, -0.05) is 36.7 Å². The third-order valence-corrected chi connectivity index (χ3v) is 14.5. The SMILES string of the molecule is COC(OC)c1cncc([C@@]2(OC)/C=C\C[C@H](C)[C@@H](C)S(=O)(=O)NC(=O)c3ccc4c(c3)N(C[C@@H]3CC[C@H]32)C[C@@]2(CCCc3cc(Cl)ccc32)CO4)c1. The molecule has 0 radical (unpaired) electrons. The Labute approximate surface area is 318 Å². The van der Waals surface area contributed by atoms with Crippen molar-refractivity contribution in [2.75, 3.05) is 45.9 Å². The van der Waals surface area contributed by atoms with Crippen molar-refractivity contribution < 1.29 is 32.2 Å². The summed E-state index contributed by atoms with van der Waals surface area (Å²) in [6, 6.07) is 13.5. The molecule has 6 atom stereocenters. The number of hydrogen-bond acceptors (Lipinski definition) is 9. The number of allylic oxidation sites excluding steroid dienone is 1. The van der Waals surface area contributed by atoms with Gasteiger partial charge in [0, 0.05) is 79.9 Å². The lowest BCUT2D eigenvalue weighted by atomic mass is 9.62. The zero-order valence-electron chi connectivity index (χ0n) is 31.1. The summed E-state index contributed by atoms with van der Waals surface area (Å²) < 4.78 is 54.1. The number of rotatable bonds is 5. The number of pyridine rings is 1. The van der Waals surface area contributed by atoms with Gasteiger partial charge in [-0.2, -0.15) is 0 Å². The van der Waals surface area contributed by atoms with Crippen LogP contribution in [0.2, 0.25) is 5.02 Å². The van der Waals surface area contributed by atoms with Gasteiger partial charge in [-0.3, -0.25) is 9.78 Å². The van der Waals surface area contributed by atoms with Crippen molar-refractivity contribution in [3.8, 4) is 5.75 Å². The van der Waals surface area contributed by atoms with Crippen LogP contribution in [0.5, 0.6) is 5.75 Å². The minimum Gasteiger partial charge on any atom is -0.490 e. The van der Waals surface area contributed by atoms with Crippen LogP contribution < -0.4 is 14.4 Å². The van der Waals surface area contributed by atoms with Gasteiger partial charge in [0.25, 0.3) is 5.91 Å². The molecule has 2 aliphatic heterocycles. The van der Waals surface area contributed by atoms with Crippen LogP contribution in [-0.2, 0) is 41.7 Å². The summed E-state index contributed by atoms with van der Waals surface area (Å²) in [7, 11) is 0.922. The van der Waals surface area contributed by atoms with Gasteiger partial charge in [0.05, 0.1) is 17.5 Å². The van der Waals surface area contributed by atoms with Crippen molar-refractivity contribution in [2.45, 2.75) is 74.9 Å². The molecule has 12 heteroatoms. The average Bonchev–Trinajstić information content (AvgIpc) is 3.29. The molecule has 2 aromatic carbocycles. The number of carbonyl (C=O) groups is 1. The molecule has 53 heavy (non-hydrogen) atoms. The second-order valence-corrected chi connectivity index (χ2v) is 17.8. The van der Waals surface area contributed by atoms with Crippen LogP contribution in [-0.4, -0.2) is 65.6 Å². The van der Waals surface area contributed by atoms with Crippen molar-refractivity contribution in [3.05, 3.63) is 99.9 Å². The number of carbonyl (C=O) groups excluding carboxylic acids is 1. The zero-order valence-corrected chi connectivity index (χ0v) is 32.7. The van der Waals surface area contributed by atoms with E-state index in [1.165, 1.54) is 11.1 Å². The minimum absolute atomic E-state index is 0.0567. The molecule has 1 saturated carbocycles. The highest BCUT2D eigenvalue weighted by molar-refractivity contribution is 7.90. The molecule has 3 heterocycles. The number of anilines is 1. The van der Waals surface area contributed by atoms with Gasteiger partial charge in [-0.15, -0.1) is 0 Å². The Balaban J connectivity index is 1.37. The molecular formula is C41H50ClN3O7S. The van der Waals surface area contributed by atoms with E-state index in [1.54, 1.807) is 46.6 Å². The van der Waals surface area contributed by atoms with E-state index >= 15 is 0 Å². The van der Waals surface area contributed by atoms with E-state index in [-0.39, 0.29) is 28.7 Å². The summed E-state index contributed by atoms with van der Waals surface area (Å²) in [6.07, 6.45) is 12.4. The first-order valence-electron chi connectivity index (χ1n) is 18.5. The number of methoxy groups -OCH3 is 3. The molecule has 4 aliphatic rings. The van der Waals surface area contributed by atoms with Gasteiger partial charge in [-0.25, -0.2) is 13.1 Å². The summed E-state index contributed by atoms with van der Waals surface area (Å²) in [5.41, 5.74) is 3.98. The van der Waals surface area contributed by atoms with Gasteiger partial charge in [0.15, 0.2) is 6.29 Å². The van der Waals surface area contributed by atoms with Crippen molar-refractivity contribution in [1.82, 2.24) is 9.71 Å². The standard InChI is InChI=1S/C41H50ClN3O7S/c1-26-8-6-17-41(51-5,32-18-31(21-43-22-32)39(49-3)50-4)35-13-10-30(35)23-45-24-40(16-7-9-28-19-33(42)12-14-34(28)40)25-52-37-15-11-29(20-36(37)45)38(46)44-53(47,48)27(26)2/h6,11-12,14-15,17-22,26-27,30,35,39H,7-10,13,16,23-25H2,1-5H3,(H,44,46)/b17-6-/t26-,27+,30-,35+,40-,41-/m0/s1. The van der Waals surface area contributed by atoms with Crippen molar-refractivity contribution >= 4 is 33.2 Å². The van der Waals surface area contributed by atoms with Crippen LogP contribution in [0, 0.1) is 17.8 Å². The van der Waals surface area contributed by atoms with Crippen molar-refractivity contribution in [3.63, 3.8) is 0 Å². The number of sulfonamides is 1. The number of aromatic nitrogens is 1. The number of benzene rings is 2. The van der Waals surface area contributed by atoms with E-state index < -0.39 is 33.1 Å². The summed E-state index contributed by atoms with van der Waals surface area (Å²) >= 11 is 6.49. The molecule has 1 fully saturated rings. The molecule has 0 saturated heterocycles. The van der Waals surface area contributed by atoms with Crippen LogP contribution in [0.25, 0.3) is 0 Å². The van der Waals surface area contributed by atoms with E-state index in [1.807, 2.05) is 37.4 Å². The highest BCUT2D eigenvalue weighted by Gasteiger charge is 2.50. The van der Waals surface area contributed by atoms with Crippen LogP contribution in [0.1, 0.15) is 84.9 Å². The van der Waals surface area contributed by atoms with Crippen LogP contribution in [0.3, 0.4) is 0 Å². The molecular weight excluding hydrogens is 714 g/mol. The Morgan fingerprint density at radius 3 is 2.60 bits per heavy atom. The predicted octanol–water partition coefficient (Wildman–Crippen LogP) is 7.11. The number of aryl methyl sites for hydroxylation is 1. The summed E-state index contributed by atoms with van der Waals surface area (Å²) in [5.74, 6) is -0.0268. The number of ether oxygens (including phenoxy) is 4. The van der Waals surface area contributed by atoms with Crippen LogP contribution in [0.4, 0.5) is 5.69 Å². The van der Waals surface area contributed by atoms with E-state index in [2.05, 4.69) is 32.8 Å². The summed E-state index contributed by atoms with van der Waals surface area (Å²) in [6.45, 7) is 5.33. The summed E-state index contributed by atoms with van der Waals surface area (Å²) in [5, 5.41) is -0.118. The fraction of sp³-hybridized carbons (Fsp3) is 0.512. The van der Waals surface area contributed by atoms with Gasteiger partial charge in [0.2, 0.25) is 10.0 Å². The third-order valence-electron chi connectivity index (χ3n) is 12.4. The van der Waals surface area contributed by atoms with Gasteiger partial charge < -0.3 is 23.8 Å². The first-order chi connectivity index (χ1) is 25.4. The van der Waals surface area contributed by atoms with Crippen LogP contribution >= 0.6 is 11.6 Å². The monoisotopic (exact) mass is 763 g/mol. The molecule has 1 spiro atoms. The molecule has 1 N–H and O–H groups in total. The summed E-state index contributed by atoms with van der Waals surface area (Å²) in [4.78, 5) is 20.6. The zero-order chi connectivity index (χ0) is 37.5. The Bertz CT molecular complexity index is 1990. The molecule has 10 nitrogen and oxygen atoms in total. The number of hydrogen-bond donors (Lipinski definition) is 1. The normalized spacial score (nSPS) is 30.3. The second-order valence-electron chi connectivity index (χ2n) is 15.3. The maximum atomic E-state index is 13.7. The van der Waals surface area contributed by atoms with Crippen LogP contribution in [0.15, 0.2) is 67.0 Å². The smallest absolute Gasteiger partial charge is 0.264 e. The molecule has 3 aromatic rings. The Morgan fingerprint density at radius 1 is 1.06 bits per heavy atom. The minimum atomic E-state index is -4.01. The number of nitrogens with one attached hydrogen (secondary N) is 1. The lowest BCUT2D eigenvalue weighted by molar-refractivity contribution is -0.107. The molecule has 2 aliphatic carbocycles. The molecule has 2 bridgehead atoms. The Kier molecular flexibility index (Phi) is 10.7. The molecule has 7 rings (SSSR count). The number of fused-ring (bicyclic) bond motifs is 4. The van der Waals surface area contributed by atoms with E-state index in [4.69, 9.17) is 30.5 Å². The van der Waals surface area contributed by atoms with Gasteiger partial charge in [-0.05, 0) is 105 Å². The topological polar surface area (TPSA) is 116 Å². The highest BCUT2D eigenvalue weighted by atomic mass is 35.5. The Morgan fingerprint density at radius 2 is 1.87 bits per heavy atom. The lowest BCUT2D eigenvalue weighted by Crippen LogP contribution is -2.52. The number of halogens is 1. The third kappa shape index (κ3) is 6.99. The maximum absolute atomic E-state index is 13.7. The van der Waals surface area contributed by atoms with E-state index in [0.717, 1.165) is 53.9 Å².